The lowest BCUT2D eigenvalue weighted by Crippen LogP contribution is -1.82. The van der Waals surface area contributed by atoms with Crippen LogP contribution >= 0.6 is 11.6 Å². The van der Waals surface area contributed by atoms with Gasteiger partial charge in [0.1, 0.15) is 5.15 Å². The molecule has 2 aromatic rings. The van der Waals surface area contributed by atoms with Gasteiger partial charge >= 0.3 is 0 Å². The molecule has 70 valence electrons. The second-order valence-corrected chi connectivity index (χ2v) is 3.57. The van der Waals surface area contributed by atoms with Gasteiger partial charge in [-0.25, -0.2) is 4.98 Å². The molecule has 0 unspecified atom stereocenters. The Labute approximate surface area is 88.4 Å². The standard InChI is InChI=1S/C12H10ClN/c1-9-4-6-10(7-5-9)11-3-2-8-14-12(11)13/h2-8H,1H3. The lowest BCUT2D eigenvalue weighted by atomic mass is 10.1. The number of hydrogen-bond acceptors (Lipinski definition) is 1. The summed E-state index contributed by atoms with van der Waals surface area (Å²) in [6.07, 6.45) is 1.69. The number of aryl methyl sites for hydroxylation is 1. The number of pyridine rings is 1. The van der Waals surface area contributed by atoms with Crippen LogP contribution in [0, 0.1) is 6.92 Å². The van der Waals surface area contributed by atoms with E-state index in [0.29, 0.717) is 5.15 Å². The smallest absolute Gasteiger partial charge is 0.136 e. The van der Waals surface area contributed by atoms with E-state index in [1.807, 2.05) is 12.1 Å². The minimum atomic E-state index is 0.552. The first kappa shape index (κ1) is 9.22. The Morgan fingerprint density at radius 2 is 1.79 bits per heavy atom. The fourth-order valence-corrected chi connectivity index (χ4v) is 1.56. The molecule has 0 aliphatic carbocycles. The van der Waals surface area contributed by atoms with E-state index in [9.17, 15) is 0 Å². The highest BCUT2D eigenvalue weighted by Crippen LogP contribution is 2.25. The van der Waals surface area contributed by atoms with Gasteiger partial charge in [-0.1, -0.05) is 41.4 Å². The maximum absolute atomic E-state index is 5.99. The van der Waals surface area contributed by atoms with Gasteiger partial charge in [-0.2, -0.15) is 0 Å². The summed E-state index contributed by atoms with van der Waals surface area (Å²) >= 11 is 5.99. The second-order valence-electron chi connectivity index (χ2n) is 3.21. The summed E-state index contributed by atoms with van der Waals surface area (Å²) in [5.74, 6) is 0. The van der Waals surface area contributed by atoms with Crippen LogP contribution in [0.4, 0.5) is 0 Å². The molecule has 1 heterocycles. The predicted octanol–water partition coefficient (Wildman–Crippen LogP) is 3.71. The topological polar surface area (TPSA) is 12.9 Å². The number of nitrogens with zero attached hydrogens (tertiary/aromatic N) is 1. The van der Waals surface area contributed by atoms with Crippen LogP contribution in [-0.2, 0) is 0 Å². The summed E-state index contributed by atoms with van der Waals surface area (Å²) in [5, 5.41) is 0.552. The van der Waals surface area contributed by atoms with Crippen LogP contribution in [-0.4, -0.2) is 4.98 Å². The molecule has 0 bridgehead atoms. The molecule has 0 aliphatic rings. The van der Waals surface area contributed by atoms with Crippen molar-refractivity contribution in [1.29, 1.82) is 0 Å². The molecular weight excluding hydrogens is 194 g/mol. The summed E-state index contributed by atoms with van der Waals surface area (Å²) in [6, 6.07) is 12.1. The number of benzene rings is 1. The fraction of sp³-hybridized carbons (Fsp3) is 0.0833. The van der Waals surface area contributed by atoms with Crippen LogP contribution in [0.15, 0.2) is 42.6 Å². The van der Waals surface area contributed by atoms with E-state index < -0.39 is 0 Å². The molecule has 0 saturated heterocycles. The van der Waals surface area contributed by atoms with Gasteiger partial charge in [-0.05, 0) is 24.6 Å². The summed E-state index contributed by atoms with van der Waals surface area (Å²) < 4.78 is 0. The van der Waals surface area contributed by atoms with Gasteiger partial charge in [0.05, 0.1) is 0 Å². The van der Waals surface area contributed by atoms with Crippen molar-refractivity contribution in [1.82, 2.24) is 4.98 Å². The molecule has 1 nitrogen and oxygen atoms in total. The highest BCUT2D eigenvalue weighted by molar-refractivity contribution is 6.32. The van der Waals surface area contributed by atoms with Crippen molar-refractivity contribution < 1.29 is 0 Å². The maximum atomic E-state index is 5.99. The van der Waals surface area contributed by atoms with Gasteiger partial charge in [0, 0.05) is 11.8 Å². The maximum Gasteiger partial charge on any atom is 0.136 e. The summed E-state index contributed by atoms with van der Waals surface area (Å²) in [6.45, 7) is 2.06. The van der Waals surface area contributed by atoms with Crippen LogP contribution in [0.5, 0.6) is 0 Å². The van der Waals surface area contributed by atoms with E-state index in [1.54, 1.807) is 6.20 Å². The van der Waals surface area contributed by atoms with Crippen molar-refractivity contribution >= 4 is 11.6 Å². The number of aromatic nitrogens is 1. The fourth-order valence-electron chi connectivity index (χ4n) is 1.33. The largest absolute Gasteiger partial charge is 0.244 e. The van der Waals surface area contributed by atoms with Gasteiger partial charge < -0.3 is 0 Å². The third-order valence-electron chi connectivity index (χ3n) is 2.12. The first-order valence-corrected chi connectivity index (χ1v) is 4.83. The van der Waals surface area contributed by atoms with Crippen LogP contribution < -0.4 is 0 Å². The van der Waals surface area contributed by atoms with Crippen molar-refractivity contribution in [3.63, 3.8) is 0 Å². The average Bonchev–Trinajstić information content (AvgIpc) is 2.20. The zero-order valence-electron chi connectivity index (χ0n) is 7.87. The van der Waals surface area contributed by atoms with E-state index >= 15 is 0 Å². The van der Waals surface area contributed by atoms with Crippen molar-refractivity contribution in [2.24, 2.45) is 0 Å². The molecule has 0 aliphatic heterocycles. The predicted molar refractivity (Wildman–Crippen MR) is 59.4 cm³/mol. The zero-order chi connectivity index (χ0) is 9.97. The van der Waals surface area contributed by atoms with Crippen LogP contribution in [0.2, 0.25) is 5.15 Å². The molecule has 0 fully saturated rings. The highest BCUT2D eigenvalue weighted by atomic mass is 35.5. The van der Waals surface area contributed by atoms with E-state index in [-0.39, 0.29) is 0 Å². The van der Waals surface area contributed by atoms with Crippen molar-refractivity contribution in [3.8, 4) is 11.1 Å². The average molecular weight is 204 g/mol. The Hall–Kier alpha value is -1.34. The van der Waals surface area contributed by atoms with Gasteiger partial charge in [0.25, 0.3) is 0 Å². The third-order valence-corrected chi connectivity index (χ3v) is 2.42. The monoisotopic (exact) mass is 203 g/mol. The molecule has 0 radical (unpaired) electrons. The zero-order valence-corrected chi connectivity index (χ0v) is 8.62. The molecule has 0 atom stereocenters. The van der Waals surface area contributed by atoms with Gasteiger partial charge in [-0.15, -0.1) is 0 Å². The first-order valence-electron chi connectivity index (χ1n) is 4.45. The molecule has 0 N–H and O–H groups in total. The molecule has 1 aromatic carbocycles. The molecular formula is C12H10ClN. The molecule has 0 amide bonds. The molecule has 2 rings (SSSR count). The Bertz CT molecular complexity index is 434. The van der Waals surface area contributed by atoms with Gasteiger partial charge in [0.2, 0.25) is 0 Å². The first-order chi connectivity index (χ1) is 6.77. The quantitative estimate of drug-likeness (QED) is 0.644. The van der Waals surface area contributed by atoms with Crippen LogP contribution in [0.3, 0.4) is 0 Å². The number of rotatable bonds is 1. The van der Waals surface area contributed by atoms with Gasteiger partial charge in [-0.3, -0.25) is 0 Å². The third kappa shape index (κ3) is 1.78. The minimum absolute atomic E-state index is 0.552. The molecule has 0 spiro atoms. The molecule has 1 aromatic heterocycles. The van der Waals surface area contributed by atoms with Crippen LogP contribution in [0.1, 0.15) is 5.56 Å². The molecule has 2 heteroatoms. The Kier molecular flexibility index (Phi) is 2.51. The lowest BCUT2D eigenvalue weighted by molar-refractivity contribution is 1.33. The van der Waals surface area contributed by atoms with E-state index in [1.165, 1.54) is 5.56 Å². The highest BCUT2D eigenvalue weighted by Gasteiger charge is 2.02. The Morgan fingerprint density at radius 1 is 1.07 bits per heavy atom. The minimum Gasteiger partial charge on any atom is -0.244 e. The van der Waals surface area contributed by atoms with Crippen molar-refractivity contribution in [2.75, 3.05) is 0 Å². The second kappa shape index (κ2) is 3.81. The SMILES string of the molecule is Cc1ccc(-c2cccnc2Cl)cc1. The summed E-state index contributed by atoms with van der Waals surface area (Å²) in [4.78, 5) is 4.04. The van der Waals surface area contributed by atoms with Crippen molar-refractivity contribution in [2.45, 2.75) is 6.92 Å². The summed E-state index contributed by atoms with van der Waals surface area (Å²) in [5.41, 5.74) is 3.33. The molecule has 14 heavy (non-hydrogen) atoms. The van der Waals surface area contributed by atoms with Crippen LogP contribution in [0.25, 0.3) is 11.1 Å². The molecule has 0 saturated carbocycles. The van der Waals surface area contributed by atoms with E-state index in [2.05, 4.69) is 36.2 Å². The normalized spacial score (nSPS) is 10.1. The van der Waals surface area contributed by atoms with E-state index in [4.69, 9.17) is 11.6 Å². The number of halogens is 1. The van der Waals surface area contributed by atoms with Crippen molar-refractivity contribution in [3.05, 3.63) is 53.3 Å². The lowest BCUT2D eigenvalue weighted by Gasteiger charge is -2.03. The van der Waals surface area contributed by atoms with Gasteiger partial charge in [0.15, 0.2) is 0 Å². The summed E-state index contributed by atoms with van der Waals surface area (Å²) in [7, 11) is 0. The Balaban J connectivity index is 2.50. The Morgan fingerprint density at radius 3 is 2.43 bits per heavy atom. The number of hydrogen-bond donors (Lipinski definition) is 0. The van der Waals surface area contributed by atoms with E-state index in [0.717, 1.165) is 11.1 Å².